The SMILES string of the molecule is CC(C)Nc1c(C(=O)O)nnc2ccc(Br)cc12. The second kappa shape index (κ2) is 4.89. The van der Waals surface area contributed by atoms with E-state index in [-0.39, 0.29) is 11.7 Å². The largest absolute Gasteiger partial charge is 0.476 e. The van der Waals surface area contributed by atoms with E-state index in [4.69, 9.17) is 5.11 Å². The number of aromatic nitrogens is 2. The molecule has 0 amide bonds. The maximum Gasteiger partial charge on any atom is 0.358 e. The zero-order valence-corrected chi connectivity index (χ0v) is 11.5. The molecule has 1 aromatic carbocycles. The zero-order valence-electron chi connectivity index (χ0n) is 9.94. The highest BCUT2D eigenvalue weighted by atomic mass is 79.9. The minimum atomic E-state index is -1.09. The van der Waals surface area contributed by atoms with Crippen molar-refractivity contribution < 1.29 is 9.90 Å². The second-order valence-electron chi connectivity index (χ2n) is 4.19. The van der Waals surface area contributed by atoms with Crippen molar-refractivity contribution in [1.29, 1.82) is 0 Å². The van der Waals surface area contributed by atoms with Gasteiger partial charge in [-0.3, -0.25) is 0 Å². The first-order valence-corrected chi connectivity index (χ1v) is 6.24. The fourth-order valence-electron chi connectivity index (χ4n) is 1.66. The quantitative estimate of drug-likeness (QED) is 0.911. The van der Waals surface area contributed by atoms with Gasteiger partial charge in [-0.15, -0.1) is 10.2 Å². The molecule has 0 radical (unpaired) electrons. The van der Waals surface area contributed by atoms with Crippen molar-refractivity contribution in [3.8, 4) is 0 Å². The molecule has 1 heterocycles. The van der Waals surface area contributed by atoms with Crippen molar-refractivity contribution in [3.63, 3.8) is 0 Å². The summed E-state index contributed by atoms with van der Waals surface area (Å²) in [7, 11) is 0. The molecule has 0 saturated carbocycles. The lowest BCUT2D eigenvalue weighted by Crippen LogP contribution is -2.16. The van der Waals surface area contributed by atoms with Crippen LogP contribution in [0.2, 0.25) is 0 Å². The van der Waals surface area contributed by atoms with Gasteiger partial charge in [-0.05, 0) is 32.0 Å². The molecule has 2 rings (SSSR count). The Balaban J connectivity index is 2.74. The number of carbonyl (C=O) groups is 1. The van der Waals surface area contributed by atoms with E-state index < -0.39 is 5.97 Å². The normalized spacial score (nSPS) is 10.9. The zero-order chi connectivity index (χ0) is 13.3. The summed E-state index contributed by atoms with van der Waals surface area (Å²) in [5.74, 6) is -1.09. The fourth-order valence-corrected chi connectivity index (χ4v) is 2.02. The molecule has 0 spiro atoms. The number of benzene rings is 1. The Morgan fingerprint density at radius 2 is 2.11 bits per heavy atom. The summed E-state index contributed by atoms with van der Waals surface area (Å²) in [4.78, 5) is 11.2. The Labute approximate surface area is 112 Å². The molecule has 0 aliphatic heterocycles. The van der Waals surface area contributed by atoms with E-state index >= 15 is 0 Å². The van der Waals surface area contributed by atoms with Gasteiger partial charge in [0.15, 0.2) is 5.69 Å². The monoisotopic (exact) mass is 309 g/mol. The van der Waals surface area contributed by atoms with Crippen LogP contribution >= 0.6 is 15.9 Å². The molecule has 18 heavy (non-hydrogen) atoms. The van der Waals surface area contributed by atoms with Crippen LogP contribution in [0.5, 0.6) is 0 Å². The Kier molecular flexibility index (Phi) is 3.47. The molecule has 0 bridgehead atoms. The number of rotatable bonds is 3. The average Bonchev–Trinajstić information content (AvgIpc) is 2.28. The number of nitrogens with one attached hydrogen (secondary N) is 1. The van der Waals surface area contributed by atoms with Crippen molar-refractivity contribution >= 4 is 38.5 Å². The summed E-state index contributed by atoms with van der Waals surface area (Å²) < 4.78 is 0.867. The predicted octanol–water partition coefficient (Wildman–Crippen LogP) is 2.91. The van der Waals surface area contributed by atoms with E-state index in [1.165, 1.54) is 0 Å². The smallest absolute Gasteiger partial charge is 0.358 e. The van der Waals surface area contributed by atoms with Gasteiger partial charge >= 0.3 is 5.97 Å². The third-order valence-electron chi connectivity index (χ3n) is 2.36. The number of carboxylic acid groups (broad SMARTS) is 1. The van der Waals surface area contributed by atoms with Crippen molar-refractivity contribution in [2.45, 2.75) is 19.9 Å². The number of halogens is 1. The summed E-state index contributed by atoms with van der Waals surface area (Å²) in [6, 6.07) is 5.58. The van der Waals surface area contributed by atoms with Gasteiger partial charge in [0.05, 0.1) is 11.2 Å². The van der Waals surface area contributed by atoms with E-state index in [1.807, 2.05) is 26.0 Å². The van der Waals surface area contributed by atoms with E-state index in [9.17, 15) is 4.79 Å². The molecule has 5 nitrogen and oxygen atoms in total. The summed E-state index contributed by atoms with van der Waals surface area (Å²) in [6.45, 7) is 3.88. The van der Waals surface area contributed by atoms with Crippen LogP contribution in [-0.4, -0.2) is 27.3 Å². The molecule has 0 aliphatic rings. The third-order valence-corrected chi connectivity index (χ3v) is 2.85. The van der Waals surface area contributed by atoms with Gasteiger partial charge in [0.25, 0.3) is 0 Å². The van der Waals surface area contributed by atoms with Crippen molar-refractivity contribution in [2.24, 2.45) is 0 Å². The van der Waals surface area contributed by atoms with Crippen LogP contribution in [0.3, 0.4) is 0 Å². The molecular weight excluding hydrogens is 298 g/mol. The van der Waals surface area contributed by atoms with Crippen molar-refractivity contribution in [1.82, 2.24) is 10.2 Å². The summed E-state index contributed by atoms with van der Waals surface area (Å²) in [6.07, 6.45) is 0. The lowest BCUT2D eigenvalue weighted by atomic mass is 10.1. The maximum absolute atomic E-state index is 11.2. The molecule has 0 saturated heterocycles. The van der Waals surface area contributed by atoms with Gasteiger partial charge in [-0.1, -0.05) is 15.9 Å². The third kappa shape index (κ3) is 2.43. The van der Waals surface area contributed by atoms with Crippen molar-refractivity contribution in [3.05, 3.63) is 28.4 Å². The number of carboxylic acids is 1. The summed E-state index contributed by atoms with van der Waals surface area (Å²) in [5.41, 5.74) is 1.10. The molecule has 1 aromatic heterocycles. The Bertz CT molecular complexity index is 614. The van der Waals surface area contributed by atoms with Gasteiger partial charge in [-0.25, -0.2) is 4.79 Å². The molecule has 94 valence electrons. The molecule has 0 aliphatic carbocycles. The fraction of sp³-hybridized carbons (Fsp3) is 0.250. The van der Waals surface area contributed by atoms with Gasteiger partial charge in [0, 0.05) is 15.9 Å². The van der Waals surface area contributed by atoms with E-state index in [0.29, 0.717) is 11.2 Å². The first-order valence-electron chi connectivity index (χ1n) is 5.45. The number of fused-ring (bicyclic) bond motifs is 1. The van der Waals surface area contributed by atoms with E-state index in [0.717, 1.165) is 9.86 Å². The van der Waals surface area contributed by atoms with Crippen LogP contribution < -0.4 is 5.32 Å². The molecular formula is C12H12BrN3O2. The molecule has 0 unspecified atom stereocenters. The second-order valence-corrected chi connectivity index (χ2v) is 5.10. The van der Waals surface area contributed by atoms with Gasteiger partial charge in [-0.2, -0.15) is 0 Å². The van der Waals surface area contributed by atoms with Crippen LogP contribution in [-0.2, 0) is 0 Å². The molecule has 0 fully saturated rings. The number of anilines is 1. The van der Waals surface area contributed by atoms with Gasteiger partial charge < -0.3 is 10.4 Å². The molecule has 6 heteroatoms. The molecule has 2 aromatic rings. The standard InChI is InChI=1S/C12H12BrN3O2/c1-6(2)14-10-8-5-7(13)3-4-9(8)15-16-11(10)12(17)18/h3-6H,1-2H3,(H,14,15)(H,17,18). The van der Waals surface area contributed by atoms with Gasteiger partial charge in [0.1, 0.15) is 0 Å². The van der Waals surface area contributed by atoms with Crippen LogP contribution in [0.25, 0.3) is 10.9 Å². The Morgan fingerprint density at radius 1 is 1.39 bits per heavy atom. The predicted molar refractivity (Wildman–Crippen MR) is 73.0 cm³/mol. The minimum Gasteiger partial charge on any atom is -0.476 e. The first kappa shape index (κ1) is 12.8. The number of nitrogens with zero attached hydrogens (tertiary/aromatic N) is 2. The topological polar surface area (TPSA) is 75.1 Å². The highest BCUT2D eigenvalue weighted by Crippen LogP contribution is 2.27. The molecule has 2 N–H and O–H groups in total. The summed E-state index contributed by atoms with van der Waals surface area (Å²) >= 11 is 3.37. The van der Waals surface area contributed by atoms with E-state index in [1.54, 1.807) is 6.07 Å². The minimum absolute atomic E-state index is 0.0608. The molecule has 0 atom stereocenters. The highest BCUT2D eigenvalue weighted by Gasteiger charge is 2.17. The number of aromatic carboxylic acids is 1. The average molecular weight is 310 g/mol. The van der Waals surface area contributed by atoms with E-state index in [2.05, 4.69) is 31.4 Å². The lowest BCUT2D eigenvalue weighted by Gasteiger charge is -2.14. The highest BCUT2D eigenvalue weighted by molar-refractivity contribution is 9.10. The van der Waals surface area contributed by atoms with Gasteiger partial charge in [0.2, 0.25) is 0 Å². The van der Waals surface area contributed by atoms with Crippen LogP contribution in [0.4, 0.5) is 5.69 Å². The Hall–Kier alpha value is -1.69. The number of hydrogen-bond acceptors (Lipinski definition) is 4. The van der Waals surface area contributed by atoms with Crippen LogP contribution in [0.15, 0.2) is 22.7 Å². The Morgan fingerprint density at radius 3 is 2.72 bits per heavy atom. The maximum atomic E-state index is 11.2. The van der Waals surface area contributed by atoms with Crippen molar-refractivity contribution in [2.75, 3.05) is 5.32 Å². The van der Waals surface area contributed by atoms with Crippen LogP contribution in [0.1, 0.15) is 24.3 Å². The number of hydrogen-bond donors (Lipinski definition) is 2. The summed E-state index contributed by atoms with van der Waals surface area (Å²) in [5, 5.41) is 20.7. The lowest BCUT2D eigenvalue weighted by molar-refractivity contribution is 0.0690. The van der Waals surface area contributed by atoms with Crippen LogP contribution in [0, 0.1) is 0 Å². The first-order chi connectivity index (χ1) is 8.49.